The third kappa shape index (κ3) is 4.19. The number of hydrogen-bond acceptors (Lipinski definition) is 3. The molecule has 0 bridgehead atoms. The highest BCUT2D eigenvalue weighted by Crippen LogP contribution is 2.20. The fourth-order valence-electron chi connectivity index (χ4n) is 3.25. The highest BCUT2D eigenvalue weighted by molar-refractivity contribution is 6.13. The van der Waals surface area contributed by atoms with Gasteiger partial charge in [0.25, 0.3) is 5.91 Å². The van der Waals surface area contributed by atoms with Crippen LogP contribution in [0.3, 0.4) is 0 Å². The normalized spacial score (nSPS) is 15.4. The molecule has 1 saturated heterocycles. The first kappa shape index (κ1) is 18.7. The van der Waals surface area contributed by atoms with E-state index >= 15 is 0 Å². The molecule has 0 spiro atoms. The average molecular weight is 363 g/mol. The Morgan fingerprint density at radius 3 is 2.37 bits per heavy atom. The molecule has 0 atom stereocenters. The van der Waals surface area contributed by atoms with Crippen molar-refractivity contribution in [2.24, 2.45) is 0 Å². The van der Waals surface area contributed by atoms with Gasteiger partial charge in [0.1, 0.15) is 5.70 Å². The molecule has 2 aromatic carbocycles. The average Bonchev–Trinajstić information content (AvgIpc) is 2.91. The fraction of sp³-hybridized carbons (Fsp3) is 0.273. The molecule has 1 aliphatic heterocycles. The fourth-order valence-corrected chi connectivity index (χ4v) is 3.25. The SMILES string of the molecule is CCN(CC)c1ccc(/C=C2/NC(=O)N(Cc3cccc(C)c3)C2=O)cc1. The summed E-state index contributed by atoms with van der Waals surface area (Å²) in [6.45, 7) is 8.38. The van der Waals surface area contributed by atoms with Crippen molar-refractivity contribution in [3.63, 3.8) is 0 Å². The van der Waals surface area contributed by atoms with Crippen LogP contribution in [0.25, 0.3) is 6.08 Å². The Bertz CT molecular complexity index is 867. The monoisotopic (exact) mass is 363 g/mol. The Balaban J connectivity index is 1.76. The van der Waals surface area contributed by atoms with E-state index in [2.05, 4.69) is 24.1 Å². The second-order valence-electron chi connectivity index (χ2n) is 6.63. The van der Waals surface area contributed by atoms with E-state index in [0.717, 1.165) is 35.5 Å². The van der Waals surface area contributed by atoms with Gasteiger partial charge >= 0.3 is 6.03 Å². The summed E-state index contributed by atoms with van der Waals surface area (Å²) in [5.41, 5.74) is 4.37. The molecule has 1 fully saturated rings. The predicted octanol–water partition coefficient (Wildman–Crippen LogP) is 3.93. The number of carbonyl (C=O) groups is 2. The minimum Gasteiger partial charge on any atom is -0.372 e. The highest BCUT2D eigenvalue weighted by atomic mass is 16.2. The van der Waals surface area contributed by atoms with Gasteiger partial charge in [0.15, 0.2) is 0 Å². The molecule has 1 heterocycles. The molecule has 1 aliphatic rings. The number of urea groups is 1. The number of nitrogens with zero attached hydrogens (tertiary/aromatic N) is 2. The molecule has 5 nitrogen and oxygen atoms in total. The van der Waals surface area contributed by atoms with Crippen molar-refractivity contribution in [3.05, 3.63) is 70.9 Å². The van der Waals surface area contributed by atoms with Crippen LogP contribution in [-0.4, -0.2) is 29.9 Å². The summed E-state index contributed by atoms with van der Waals surface area (Å²) in [6.07, 6.45) is 1.72. The Morgan fingerprint density at radius 2 is 1.74 bits per heavy atom. The topological polar surface area (TPSA) is 52.7 Å². The van der Waals surface area contributed by atoms with E-state index in [0.29, 0.717) is 5.70 Å². The standard InChI is InChI=1S/C22H25N3O2/c1-4-24(5-2)19-11-9-17(10-12-19)14-20-21(26)25(22(27)23-20)15-18-8-6-7-16(3)13-18/h6-14H,4-5,15H2,1-3H3,(H,23,27)/b20-14+. The number of benzene rings is 2. The summed E-state index contributed by atoms with van der Waals surface area (Å²) < 4.78 is 0. The summed E-state index contributed by atoms with van der Waals surface area (Å²) in [6, 6.07) is 15.4. The van der Waals surface area contributed by atoms with Crippen molar-refractivity contribution < 1.29 is 9.59 Å². The number of nitrogens with one attached hydrogen (secondary N) is 1. The lowest BCUT2D eigenvalue weighted by molar-refractivity contribution is -0.123. The van der Waals surface area contributed by atoms with E-state index in [1.807, 2.05) is 55.5 Å². The molecule has 0 saturated carbocycles. The highest BCUT2D eigenvalue weighted by Gasteiger charge is 2.33. The lowest BCUT2D eigenvalue weighted by atomic mass is 10.1. The maximum Gasteiger partial charge on any atom is 0.329 e. The second-order valence-corrected chi connectivity index (χ2v) is 6.63. The van der Waals surface area contributed by atoms with Crippen LogP contribution in [0.15, 0.2) is 54.2 Å². The van der Waals surface area contributed by atoms with Crippen molar-refractivity contribution in [2.75, 3.05) is 18.0 Å². The van der Waals surface area contributed by atoms with Crippen molar-refractivity contribution in [1.82, 2.24) is 10.2 Å². The largest absolute Gasteiger partial charge is 0.372 e. The van der Waals surface area contributed by atoms with E-state index < -0.39 is 0 Å². The molecule has 0 aliphatic carbocycles. The second kappa shape index (κ2) is 8.08. The molecule has 140 valence electrons. The van der Waals surface area contributed by atoms with E-state index in [4.69, 9.17) is 0 Å². The lowest BCUT2D eigenvalue weighted by Gasteiger charge is -2.20. The van der Waals surface area contributed by atoms with Crippen LogP contribution in [-0.2, 0) is 11.3 Å². The zero-order valence-corrected chi connectivity index (χ0v) is 16.0. The number of hydrogen-bond donors (Lipinski definition) is 1. The minimum absolute atomic E-state index is 0.268. The summed E-state index contributed by atoms with van der Waals surface area (Å²) >= 11 is 0. The first-order chi connectivity index (χ1) is 13.0. The molecular formula is C22H25N3O2. The Labute approximate surface area is 160 Å². The van der Waals surface area contributed by atoms with Crippen LogP contribution in [0.1, 0.15) is 30.5 Å². The first-order valence-electron chi connectivity index (χ1n) is 9.27. The van der Waals surface area contributed by atoms with Gasteiger partial charge in [0.2, 0.25) is 0 Å². The molecule has 5 heteroatoms. The van der Waals surface area contributed by atoms with Crippen LogP contribution < -0.4 is 10.2 Å². The van der Waals surface area contributed by atoms with Crippen molar-refractivity contribution >= 4 is 23.7 Å². The number of carbonyl (C=O) groups excluding carboxylic acids is 2. The van der Waals surface area contributed by atoms with Crippen molar-refractivity contribution in [1.29, 1.82) is 0 Å². The van der Waals surface area contributed by atoms with E-state index in [1.54, 1.807) is 6.08 Å². The first-order valence-corrected chi connectivity index (χ1v) is 9.27. The molecule has 0 radical (unpaired) electrons. The van der Waals surface area contributed by atoms with E-state index in [9.17, 15) is 9.59 Å². The van der Waals surface area contributed by atoms with E-state index in [-0.39, 0.29) is 18.5 Å². The van der Waals surface area contributed by atoms with E-state index in [1.165, 1.54) is 4.90 Å². The van der Waals surface area contributed by atoms with Crippen LogP contribution in [0.2, 0.25) is 0 Å². The number of imide groups is 1. The number of rotatable bonds is 6. The van der Waals surface area contributed by atoms with Gasteiger partial charge in [-0.05, 0) is 50.1 Å². The quantitative estimate of drug-likeness (QED) is 0.625. The van der Waals surface area contributed by atoms with Gasteiger partial charge in [0.05, 0.1) is 6.54 Å². The molecular weight excluding hydrogens is 338 g/mol. The van der Waals surface area contributed by atoms with Gasteiger partial charge < -0.3 is 10.2 Å². The van der Waals surface area contributed by atoms with Crippen LogP contribution in [0.4, 0.5) is 10.5 Å². The Kier molecular flexibility index (Phi) is 5.60. The molecule has 27 heavy (non-hydrogen) atoms. The molecule has 2 aromatic rings. The van der Waals surface area contributed by atoms with Gasteiger partial charge in [-0.15, -0.1) is 0 Å². The number of aryl methyl sites for hydroxylation is 1. The maximum atomic E-state index is 12.6. The Hall–Kier alpha value is -3.08. The van der Waals surface area contributed by atoms with Gasteiger partial charge in [-0.1, -0.05) is 42.0 Å². The summed E-state index contributed by atoms with van der Waals surface area (Å²) in [7, 11) is 0. The number of amides is 3. The predicted molar refractivity (Wildman–Crippen MR) is 108 cm³/mol. The lowest BCUT2D eigenvalue weighted by Crippen LogP contribution is -2.30. The third-order valence-corrected chi connectivity index (χ3v) is 4.72. The summed E-state index contributed by atoms with van der Waals surface area (Å²) in [5, 5.41) is 2.68. The molecule has 0 aromatic heterocycles. The zero-order chi connectivity index (χ0) is 19.4. The van der Waals surface area contributed by atoms with Crippen LogP contribution >= 0.6 is 0 Å². The third-order valence-electron chi connectivity index (χ3n) is 4.72. The van der Waals surface area contributed by atoms with Crippen molar-refractivity contribution in [2.45, 2.75) is 27.3 Å². The van der Waals surface area contributed by atoms with Gasteiger partial charge in [-0.2, -0.15) is 0 Å². The summed E-state index contributed by atoms with van der Waals surface area (Å²) in [4.78, 5) is 28.4. The minimum atomic E-state index is -0.382. The van der Waals surface area contributed by atoms with Gasteiger partial charge in [0, 0.05) is 18.8 Å². The summed E-state index contributed by atoms with van der Waals surface area (Å²) in [5.74, 6) is -0.297. The van der Waals surface area contributed by atoms with Gasteiger partial charge in [-0.3, -0.25) is 9.69 Å². The van der Waals surface area contributed by atoms with Gasteiger partial charge in [-0.25, -0.2) is 4.79 Å². The smallest absolute Gasteiger partial charge is 0.329 e. The Morgan fingerprint density at radius 1 is 1.04 bits per heavy atom. The molecule has 0 unspecified atom stereocenters. The molecule has 1 N–H and O–H groups in total. The molecule has 3 amide bonds. The van der Waals surface area contributed by atoms with Crippen LogP contribution in [0.5, 0.6) is 0 Å². The number of anilines is 1. The van der Waals surface area contributed by atoms with Crippen LogP contribution in [0, 0.1) is 6.92 Å². The zero-order valence-electron chi connectivity index (χ0n) is 16.0. The molecule has 3 rings (SSSR count). The maximum absolute atomic E-state index is 12.6. The van der Waals surface area contributed by atoms with Crippen molar-refractivity contribution in [3.8, 4) is 0 Å².